The molecule has 0 bridgehead atoms. The first-order valence-electron chi connectivity index (χ1n) is 6.19. The highest BCUT2D eigenvalue weighted by Gasteiger charge is 2.14. The summed E-state index contributed by atoms with van der Waals surface area (Å²) in [5, 5.41) is 3.36. The van der Waals surface area contributed by atoms with Crippen LogP contribution in [0.1, 0.15) is 17.2 Å². The van der Waals surface area contributed by atoms with E-state index >= 15 is 0 Å². The molecule has 19 heavy (non-hydrogen) atoms. The van der Waals surface area contributed by atoms with Crippen LogP contribution in [0.5, 0.6) is 5.75 Å². The highest BCUT2D eigenvalue weighted by Crippen LogP contribution is 2.26. The second-order valence-corrected chi connectivity index (χ2v) is 4.27. The molecule has 0 spiro atoms. The van der Waals surface area contributed by atoms with Gasteiger partial charge in [0.2, 0.25) is 0 Å². The van der Waals surface area contributed by atoms with Gasteiger partial charge in [-0.1, -0.05) is 48.5 Å². The van der Waals surface area contributed by atoms with Crippen molar-refractivity contribution in [2.24, 2.45) is 0 Å². The van der Waals surface area contributed by atoms with Gasteiger partial charge < -0.3 is 10.1 Å². The summed E-state index contributed by atoms with van der Waals surface area (Å²) in [4.78, 5) is 0. The molecule has 2 nitrogen and oxygen atoms in total. The maximum absolute atomic E-state index is 5.43. The van der Waals surface area contributed by atoms with Gasteiger partial charge in [-0.05, 0) is 25.1 Å². The fraction of sp³-hybridized carbons (Fsp3) is 0.250. The Kier molecular flexibility index (Phi) is 6.40. The minimum Gasteiger partial charge on any atom is -0.496 e. The molecule has 0 radical (unpaired) electrons. The molecule has 3 heteroatoms. The molecular weight excluding hydrogens is 258 g/mol. The lowest BCUT2D eigenvalue weighted by molar-refractivity contribution is 0.401. The summed E-state index contributed by atoms with van der Waals surface area (Å²) in [7, 11) is 3.70. The molecule has 0 aromatic heterocycles. The topological polar surface area (TPSA) is 21.3 Å². The van der Waals surface area contributed by atoms with Gasteiger partial charge in [-0.25, -0.2) is 0 Å². The highest BCUT2D eigenvalue weighted by atomic mass is 35.5. The maximum Gasteiger partial charge on any atom is 0.123 e. The number of methoxy groups -OCH3 is 1. The van der Waals surface area contributed by atoms with E-state index in [1.165, 1.54) is 11.1 Å². The second kappa shape index (κ2) is 7.82. The van der Waals surface area contributed by atoms with E-state index in [2.05, 4.69) is 35.6 Å². The van der Waals surface area contributed by atoms with Crippen molar-refractivity contribution in [3.8, 4) is 5.75 Å². The first kappa shape index (κ1) is 15.5. The average Bonchev–Trinajstić information content (AvgIpc) is 2.46. The summed E-state index contributed by atoms with van der Waals surface area (Å²) in [6, 6.07) is 18.9. The number of hydrogen-bond donors (Lipinski definition) is 1. The monoisotopic (exact) mass is 277 g/mol. The molecule has 0 aliphatic rings. The average molecular weight is 278 g/mol. The second-order valence-electron chi connectivity index (χ2n) is 4.27. The largest absolute Gasteiger partial charge is 0.496 e. The molecule has 1 N–H and O–H groups in total. The third kappa shape index (κ3) is 3.98. The summed E-state index contributed by atoms with van der Waals surface area (Å²) < 4.78 is 5.43. The molecule has 2 rings (SSSR count). The van der Waals surface area contributed by atoms with Gasteiger partial charge in [-0.3, -0.25) is 0 Å². The van der Waals surface area contributed by atoms with E-state index in [0.717, 1.165) is 12.2 Å². The van der Waals surface area contributed by atoms with Crippen molar-refractivity contribution in [3.05, 3.63) is 65.7 Å². The Labute approximate surface area is 121 Å². The van der Waals surface area contributed by atoms with Crippen molar-refractivity contribution in [1.29, 1.82) is 0 Å². The fourth-order valence-electron chi connectivity index (χ4n) is 2.17. The Morgan fingerprint density at radius 3 is 2.26 bits per heavy atom. The quantitative estimate of drug-likeness (QED) is 0.901. The molecule has 102 valence electrons. The van der Waals surface area contributed by atoms with Crippen molar-refractivity contribution in [2.45, 2.75) is 12.5 Å². The Morgan fingerprint density at radius 2 is 1.63 bits per heavy atom. The Balaban J connectivity index is 0.00000180. The van der Waals surface area contributed by atoms with Crippen LogP contribution in [0.3, 0.4) is 0 Å². The highest BCUT2D eigenvalue weighted by molar-refractivity contribution is 5.85. The van der Waals surface area contributed by atoms with Gasteiger partial charge in [0.05, 0.1) is 7.11 Å². The van der Waals surface area contributed by atoms with E-state index in [1.54, 1.807) is 7.11 Å². The van der Waals surface area contributed by atoms with Crippen LogP contribution in [0, 0.1) is 0 Å². The zero-order valence-corrected chi connectivity index (χ0v) is 12.1. The van der Waals surface area contributed by atoms with Crippen LogP contribution in [0.25, 0.3) is 0 Å². The van der Waals surface area contributed by atoms with E-state index in [-0.39, 0.29) is 18.4 Å². The van der Waals surface area contributed by atoms with Gasteiger partial charge in [0.25, 0.3) is 0 Å². The Hall–Kier alpha value is -1.51. The van der Waals surface area contributed by atoms with E-state index in [1.807, 2.05) is 31.3 Å². The molecule has 0 heterocycles. The van der Waals surface area contributed by atoms with Crippen LogP contribution in [0.2, 0.25) is 0 Å². The lowest BCUT2D eigenvalue weighted by Crippen LogP contribution is -2.19. The smallest absolute Gasteiger partial charge is 0.123 e. The predicted octanol–water partition coefficient (Wildman–Crippen LogP) is 3.62. The third-order valence-electron chi connectivity index (χ3n) is 3.15. The number of ether oxygens (including phenoxy) is 1. The number of likely N-dealkylation sites (N-methyl/N-ethyl adjacent to an activating group) is 1. The molecule has 0 amide bonds. The molecule has 0 aliphatic carbocycles. The van der Waals surface area contributed by atoms with E-state index in [0.29, 0.717) is 0 Å². The van der Waals surface area contributed by atoms with Gasteiger partial charge in [0.15, 0.2) is 0 Å². The molecule has 0 fully saturated rings. The standard InChI is InChI=1S/C16H19NO.ClH/c1-17-15(12-13-8-4-3-5-9-13)14-10-6-7-11-16(14)18-2;/h3-11,15,17H,12H2,1-2H3;1H. The lowest BCUT2D eigenvalue weighted by atomic mass is 9.98. The minimum atomic E-state index is 0. The molecule has 0 saturated carbocycles. The van der Waals surface area contributed by atoms with Crippen molar-refractivity contribution in [1.82, 2.24) is 5.32 Å². The molecule has 1 unspecified atom stereocenters. The van der Waals surface area contributed by atoms with E-state index < -0.39 is 0 Å². The lowest BCUT2D eigenvalue weighted by Gasteiger charge is -2.19. The zero-order valence-electron chi connectivity index (χ0n) is 11.3. The minimum absolute atomic E-state index is 0. The van der Waals surface area contributed by atoms with Gasteiger partial charge in [0, 0.05) is 11.6 Å². The first-order chi connectivity index (χ1) is 8.85. The van der Waals surface area contributed by atoms with Crippen LogP contribution in [0.15, 0.2) is 54.6 Å². The number of hydrogen-bond acceptors (Lipinski definition) is 2. The molecule has 0 aliphatic heterocycles. The number of para-hydroxylation sites is 1. The van der Waals surface area contributed by atoms with E-state index in [9.17, 15) is 0 Å². The molecular formula is C16H20ClNO. The van der Waals surface area contributed by atoms with E-state index in [4.69, 9.17) is 4.74 Å². The van der Waals surface area contributed by atoms with Crippen LogP contribution >= 0.6 is 12.4 Å². The SMILES string of the molecule is CNC(Cc1ccccc1)c1ccccc1OC.Cl. The maximum atomic E-state index is 5.43. The molecule has 0 saturated heterocycles. The number of rotatable bonds is 5. The molecule has 1 atom stereocenters. The van der Waals surface area contributed by atoms with Crippen molar-refractivity contribution in [3.63, 3.8) is 0 Å². The summed E-state index contributed by atoms with van der Waals surface area (Å²) in [6.07, 6.45) is 0.956. The fourth-order valence-corrected chi connectivity index (χ4v) is 2.17. The predicted molar refractivity (Wildman–Crippen MR) is 82.2 cm³/mol. The summed E-state index contributed by atoms with van der Waals surface area (Å²) >= 11 is 0. The van der Waals surface area contributed by atoms with Crippen molar-refractivity contribution >= 4 is 12.4 Å². The molecule has 2 aromatic rings. The number of halogens is 1. The third-order valence-corrected chi connectivity index (χ3v) is 3.15. The van der Waals surface area contributed by atoms with Crippen LogP contribution < -0.4 is 10.1 Å². The van der Waals surface area contributed by atoms with Crippen LogP contribution in [-0.4, -0.2) is 14.2 Å². The van der Waals surface area contributed by atoms with Gasteiger partial charge >= 0.3 is 0 Å². The van der Waals surface area contributed by atoms with Crippen LogP contribution in [-0.2, 0) is 6.42 Å². The molecule has 2 aromatic carbocycles. The summed E-state index contributed by atoms with van der Waals surface area (Å²) in [5.41, 5.74) is 2.52. The Morgan fingerprint density at radius 1 is 1.00 bits per heavy atom. The van der Waals surface area contributed by atoms with Crippen molar-refractivity contribution < 1.29 is 4.74 Å². The summed E-state index contributed by atoms with van der Waals surface area (Å²) in [6.45, 7) is 0. The van der Waals surface area contributed by atoms with Crippen LogP contribution in [0.4, 0.5) is 0 Å². The normalized spacial score (nSPS) is 11.5. The van der Waals surface area contributed by atoms with Gasteiger partial charge in [-0.15, -0.1) is 12.4 Å². The van der Waals surface area contributed by atoms with Gasteiger partial charge in [0.1, 0.15) is 5.75 Å². The first-order valence-corrected chi connectivity index (χ1v) is 6.19. The van der Waals surface area contributed by atoms with Gasteiger partial charge in [-0.2, -0.15) is 0 Å². The number of benzene rings is 2. The zero-order chi connectivity index (χ0) is 12.8. The van der Waals surface area contributed by atoms with Crippen molar-refractivity contribution in [2.75, 3.05) is 14.2 Å². The number of nitrogens with one attached hydrogen (secondary N) is 1. The summed E-state index contributed by atoms with van der Waals surface area (Å²) in [5.74, 6) is 0.938. The Bertz CT molecular complexity index is 487.